The predicted molar refractivity (Wildman–Crippen MR) is 114 cm³/mol. The van der Waals surface area contributed by atoms with Crippen molar-refractivity contribution in [1.82, 2.24) is 25.5 Å². The summed E-state index contributed by atoms with van der Waals surface area (Å²) in [6, 6.07) is 11.6. The topological polar surface area (TPSA) is 118 Å². The quantitative estimate of drug-likeness (QED) is 0.475. The van der Waals surface area contributed by atoms with E-state index in [0.717, 1.165) is 26.5 Å². The van der Waals surface area contributed by atoms with Crippen LogP contribution in [0.2, 0.25) is 5.02 Å². The predicted octanol–water partition coefficient (Wildman–Crippen LogP) is 3.70. The molecule has 1 aliphatic rings. The molecule has 0 aliphatic heterocycles. The third-order valence-electron chi connectivity index (χ3n) is 4.95. The smallest absolute Gasteiger partial charge is 0.230 e. The van der Waals surface area contributed by atoms with Crippen molar-refractivity contribution in [2.75, 3.05) is 0 Å². The van der Waals surface area contributed by atoms with Crippen LogP contribution in [0.3, 0.4) is 0 Å². The minimum Gasteiger partial charge on any atom is -0.424 e. The molecule has 0 radical (unpaired) electrons. The SMILES string of the molecule is N#CC1(NC(=O)Cc2nnc(Cc3nc4ccc(-c5ccccn5)c(Cl)c4s3)o2)CC1. The second-order valence-electron chi connectivity index (χ2n) is 7.28. The Morgan fingerprint density at radius 2 is 2.10 bits per heavy atom. The number of amides is 1. The van der Waals surface area contributed by atoms with Crippen molar-refractivity contribution >= 4 is 39.1 Å². The Morgan fingerprint density at radius 3 is 2.84 bits per heavy atom. The fraction of sp³-hybridized carbons (Fsp3) is 0.238. The van der Waals surface area contributed by atoms with Crippen LogP contribution in [-0.2, 0) is 17.6 Å². The van der Waals surface area contributed by atoms with E-state index in [1.165, 1.54) is 11.3 Å². The zero-order valence-electron chi connectivity index (χ0n) is 16.1. The number of hydrogen-bond acceptors (Lipinski definition) is 8. The molecule has 3 aromatic heterocycles. The van der Waals surface area contributed by atoms with Crippen LogP contribution in [0.4, 0.5) is 0 Å². The van der Waals surface area contributed by atoms with Gasteiger partial charge in [0.15, 0.2) is 0 Å². The van der Waals surface area contributed by atoms with E-state index in [9.17, 15) is 4.79 Å². The summed E-state index contributed by atoms with van der Waals surface area (Å²) in [6.07, 6.45) is 3.35. The number of carbonyl (C=O) groups excluding carboxylic acids is 1. The summed E-state index contributed by atoms with van der Waals surface area (Å²) in [5, 5.41) is 21.1. The lowest BCUT2D eigenvalue weighted by Gasteiger charge is -2.06. The van der Waals surface area contributed by atoms with Crippen LogP contribution in [0.15, 0.2) is 40.9 Å². The van der Waals surface area contributed by atoms with Gasteiger partial charge in [-0.1, -0.05) is 17.7 Å². The Balaban J connectivity index is 1.31. The van der Waals surface area contributed by atoms with Gasteiger partial charge in [0.1, 0.15) is 17.0 Å². The molecule has 4 aromatic rings. The van der Waals surface area contributed by atoms with E-state index in [2.05, 4.69) is 31.6 Å². The first-order valence-corrected chi connectivity index (χ1v) is 10.8. The lowest BCUT2D eigenvalue weighted by atomic mass is 10.1. The van der Waals surface area contributed by atoms with Crippen LogP contribution < -0.4 is 5.32 Å². The normalized spacial score (nSPS) is 14.3. The zero-order valence-corrected chi connectivity index (χ0v) is 17.7. The van der Waals surface area contributed by atoms with Gasteiger partial charge in [0.2, 0.25) is 17.7 Å². The van der Waals surface area contributed by atoms with E-state index in [1.54, 1.807) is 6.20 Å². The lowest BCUT2D eigenvalue weighted by Crippen LogP contribution is -2.36. The van der Waals surface area contributed by atoms with E-state index in [0.29, 0.717) is 30.2 Å². The molecule has 3 heterocycles. The number of fused-ring (bicyclic) bond motifs is 1. The Kier molecular flexibility index (Phi) is 4.88. The average molecular weight is 451 g/mol. The van der Waals surface area contributed by atoms with Crippen LogP contribution in [0, 0.1) is 11.3 Å². The molecule has 1 aromatic carbocycles. The molecule has 31 heavy (non-hydrogen) atoms. The van der Waals surface area contributed by atoms with Gasteiger partial charge >= 0.3 is 0 Å². The third kappa shape index (κ3) is 4.00. The van der Waals surface area contributed by atoms with E-state index in [4.69, 9.17) is 21.3 Å². The second-order valence-corrected chi connectivity index (χ2v) is 8.74. The largest absolute Gasteiger partial charge is 0.424 e. The van der Waals surface area contributed by atoms with Gasteiger partial charge in [0, 0.05) is 11.8 Å². The van der Waals surface area contributed by atoms with Gasteiger partial charge in [0.25, 0.3) is 0 Å². The summed E-state index contributed by atoms with van der Waals surface area (Å²) in [4.78, 5) is 21.1. The molecule has 154 valence electrons. The van der Waals surface area contributed by atoms with Gasteiger partial charge < -0.3 is 9.73 Å². The number of rotatable bonds is 6. The minimum absolute atomic E-state index is 0.0600. The molecular formula is C21H15ClN6O2S. The summed E-state index contributed by atoms with van der Waals surface area (Å²) in [5.41, 5.74) is 1.72. The standard InChI is InChI=1S/C21H15ClN6O2S/c22-19-12(13-3-1-2-8-24-13)4-5-14-20(19)31-18(25-14)10-17-28-27-16(30-17)9-15(29)26-21(11-23)6-7-21/h1-5,8H,6-7,9-10H2,(H,26,29). The highest BCUT2D eigenvalue weighted by molar-refractivity contribution is 7.19. The number of halogens is 1. The number of carbonyl (C=O) groups is 1. The van der Waals surface area contributed by atoms with Crippen LogP contribution >= 0.6 is 22.9 Å². The van der Waals surface area contributed by atoms with Crippen molar-refractivity contribution in [3.63, 3.8) is 0 Å². The Hall–Kier alpha value is -3.35. The van der Waals surface area contributed by atoms with Gasteiger partial charge in [-0.2, -0.15) is 5.26 Å². The molecule has 5 rings (SSSR count). The Morgan fingerprint density at radius 1 is 1.26 bits per heavy atom. The molecule has 1 aliphatic carbocycles. The van der Waals surface area contributed by atoms with Gasteiger partial charge in [-0.05, 0) is 37.1 Å². The second kappa shape index (κ2) is 7.72. The number of hydrogen-bond donors (Lipinski definition) is 1. The minimum atomic E-state index is -0.714. The monoisotopic (exact) mass is 450 g/mol. The maximum absolute atomic E-state index is 12.1. The fourth-order valence-electron chi connectivity index (χ4n) is 3.20. The molecule has 0 bridgehead atoms. The molecule has 1 fully saturated rings. The summed E-state index contributed by atoms with van der Waals surface area (Å²) in [7, 11) is 0. The van der Waals surface area contributed by atoms with E-state index in [-0.39, 0.29) is 18.2 Å². The van der Waals surface area contributed by atoms with E-state index >= 15 is 0 Å². The van der Waals surface area contributed by atoms with E-state index < -0.39 is 5.54 Å². The summed E-state index contributed by atoms with van der Waals surface area (Å²) in [6.45, 7) is 0. The van der Waals surface area contributed by atoms with Crippen molar-refractivity contribution in [2.24, 2.45) is 0 Å². The van der Waals surface area contributed by atoms with Gasteiger partial charge in [-0.25, -0.2) is 4.98 Å². The summed E-state index contributed by atoms with van der Waals surface area (Å²) >= 11 is 8.09. The molecule has 0 unspecified atom stereocenters. The highest BCUT2D eigenvalue weighted by Crippen LogP contribution is 2.37. The molecule has 0 saturated heterocycles. The van der Waals surface area contributed by atoms with Crippen molar-refractivity contribution in [3.8, 4) is 17.3 Å². The maximum atomic E-state index is 12.1. The molecule has 1 amide bonds. The first-order valence-electron chi connectivity index (χ1n) is 9.58. The van der Waals surface area contributed by atoms with Gasteiger partial charge in [-0.3, -0.25) is 9.78 Å². The zero-order chi connectivity index (χ0) is 21.4. The first kappa shape index (κ1) is 19.6. The number of nitrogens with one attached hydrogen (secondary N) is 1. The van der Waals surface area contributed by atoms with Crippen molar-refractivity contribution < 1.29 is 9.21 Å². The Bertz CT molecular complexity index is 1320. The number of pyridine rings is 1. The number of aromatic nitrogens is 4. The summed E-state index contributed by atoms with van der Waals surface area (Å²) < 4.78 is 6.47. The highest BCUT2D eigenvalue weighted by Gasteiger charge is 2.44. The fourth-order valence-corrected chi connectivity index (χ4v) is 4.57. The average Bonchev–Trinajstić information content (AvgIpc) is 3.20. The van der Waals surface area contributed by atoms with Crippen LogP contribution in [0.1, 0.15) is 29.6 Å². The molecule has 1 saturated carbocycles. The third-order valence-corrected chi connectivity index (χ3v) is 6.54. The molecular weight excluding hydrogens is 436 g/mol. The first-order chi connectivity index (χ1) is 15.0. The van der Waals surface area contributed by atoms with Crippen LogP contribution in [-0.4, -0.2) is 31.6 Å². The molecule has 8 nitrogen and oxygen atoms in total. The Labute approximate surface area is 185 Å². The van der Waals surface area contributed by atoms with E-state index in [1.807, 2.05) is 30.3 Å². The maximum Gasteiger partial charge on any atom is 0.230 e. The number of thiazole rings is 1. The molecule has 0 spiro atoms. The molecule has 10 heteroatoms. The van der Waals surface area contributed by atoms with Gasteiger partial charge in [0.05, 0.1) is 33.4 Å². The number of nitriles is 1. The van der Waals surface area contributed by atoms with Crippen molar-refractivity contribution in [1.29, 1.82) is 5.26 Å². The number of benzene rings is 1. The van der Waals surface area contributed by atoms with Gasteiger partial charge in [-0.15, -0.1) is 21.5 Å². The van der Waals surface area contributed by atoms with Crippen LogP contribution in [0.25, 0.3) is 21.5 Å². The lowest BCUT2D eigenvalue weighted by molar-refractivity contribution is -0.121. The number of nitrogens with zero attached hydrogens (tertiary/aromatic N) is 5. The van der Waals surface area contributed by atoms with Crippen LogP contribution in [0.5, 0.6) is 0 Å². The van der Waals surface area contributed by atoms with Crippen molar-refractivity contribution in [3.05, 3.63) is 58.3 Å². The molecule has 0 atom stereocenters. The van der Waals surface area contributed by atoms with Crippen molar-refractivity contribution in [2.45, 2.75) is 31.2 Å². The highest BCUT2D eigenvalue weighted by atomic mass is 35.5. The molecule has 1 N–H and O–H groups in total. The summed E-state index contributed by atoms with van der Waals surface area (Å²) in [5.74, 6) is 0.269.